The van der Waals surface area contributed by atoms with E-state index in [-0.39, 0.29) is 0 Å². The van der Waals surface area contributed by atoms with Gasteiger partial charge < -0.3 is 10.3 Å². The first-order valence-electron chi connectivity index (χ1n) is 9.22. The Morgan fingerprint density at radius 1 is 0.808 bits per heavy atom. The number of H-pyrrole nitrogens is 1. The second kappa shape index (κ2) is 7.59. The molecule has 0 atom stereocenters. The maximum atomic E-state index is 3.56. The van der Waals surface area contributed by atoms with E-state index in [2.05, 4.69) is 96.1 Å². The molecule has 4 rings (SSSR count). The van der Waals surface area contributed by atoms with E-state index in [1.807, 2.05) is 0 Å². The first-order valence-corrected chi connectivity index (χ1v) is 9.22. The fourth-order valence-corrected chi connectivity index (χ4v) is 3.56. The van der Waals surface area contributed by atoms with Gasteiger partial charge >= 0.3 is 0 Å². The summed E-state index contributed by atoms with van der Waals surface area (Å²) in [4.78, 5) is 3.54. The number of aryl methyl sites for hydroxylation is 1. The van der Waals surface area contributed by atoms with Gasteiger partial charge in [0.2, 0.25) is 0 Å². The van der Waals surface area contributed by atoms with E-state index in [9.17, 15) is 0 Å². The van der Waals surface area contributed by atoms with Gasteiger partial charge in [0.05, 0.1) is 0 Å². The monoisotopic (exact) mass is 340 g/mol. The van der Waals surface area contributed by atoms with Crippen LogP contribution in [0.4, 0.5) is 0 Å². The van der Waals surface area contributed by atoms with Gasteiger partial charge in [-0.1, -0.05) is 66.7 Å². The van der Waals surface area contributed by atoms with Crippen molar-refractivity contribution in [3.63, 3.8) is 0 Å². The molecular formula is C24H24N2. The zero-order valence-electron chi connectivity index (χ0n) is 15.1. The molecule has 1 heterocycles. The van der Waals surface area contributed by atoms with E-state index in [4.69, 9.17) is 0 Å². The fraction of sp³-hybridized carbons (Fsp3) is 0.167. The highest BCUT2D eigenvalue weighted by atomic mass is 14.8. The van der Waals surface area contributed by atoms with Gasteiger partial charge in [-0.15, -0.1) is 0 Å². The van der Waals surface area contributed by atoms with Crippen molar-refractivity contribution in [2.45, 2.75) is 19.9 Å². The van der Waals surface area contributed by atoms with Crippen LogP contribution in [0.2, 0.25) is 0 Å². The molecule has 130 valence electrons. The number of aromatic nitrogens is 1. The molecule has 3 aromatic carbocycles. The summed E-state index contributed by atoms with van der Waals surface area (Å²) in [6.45, 7) is 4.06. The van der Waals surface area contributed by atoms with Crippen LogP contribution in [0, 0.1) is 6.92 Å². The lowest BCUT2D eigenvalue weighted by molar-refractivity contribution is 0.687. The van der Waals surface area contributed by atoms with Gasteiger partial charge in [-0.3, -0.25) is 0 Å². The SMILES string of the molecule is Cc1[nH]c2ccc(-c3ccccc3)cc2c1CCNCc1ccccc1. The Morgan fingerprint density at radius 2 is 1.54 bits per heavy atom. The Bertz CT molecular complexity index is 985. The highest BCUT2D eigenvalue weighted by Crippen LogP contribution is 2.28. The Hall–Kier alpha value is -2.84. The topological polar surface area (TPSA) is 27.8 Å². The average Bonchev–Trinajstić information content (AvgIpc) is 3.01. The summed E-state index contributed by atoms with van der Waals surface area (Å²) >= 11 is 0. The summed E-state index contributed by atoms with van der Waals surface area (Å²) in [6.07, 6.45) is 1.02. The van der Waals surface area contributed by atoms with Crippen molar-refractivity contribution in [3.8, 4) is 11.1 Å². The molecule has 2 N–H and O–H groups in total. The lowest BCUT2D eigenvalue weighted by atomic mass is 10.0. The van der Waals surface area contributed by atoms with Crippen molar-refractivity contribution in [3.05, 3.63) is 95.7 Å². The fourth-order valence-electron chi connectivity index (χ4n) is 3.56. The molecule has 2 heteroatoms. The quantitative estimate of drug-likeness (QED) is 0.447. The molecule has 0 aliphatic heterocycles. The first kappa shape index (κ1) is 16.6. The maximum absolute atomic E-state index is 3.56. The number of fused-ring (bicyclic) bond motifs is 1. The van der Waals surface area contributed by atoms with Crippen LogP contribution in [-0.4, -0.2) is 11.5 Å². The molecule has 0 aliphatic carbocycles. The minimum atomic E-state index is 0.914. The first-order chi connectivity index (χ1) is 12.8. The normalized spacial score (nSPS) is 11.1. The van der Waals surface area contributed by atoms with E-state index >= 15 is 0 Å². The van der Waals surface area contributed by atoms with Gasteiger partial charge in [-0.05, 0) is 54.3 Å². The van der Waals surface area contributed by atoms with Crippen molar-refractivity contribution in [1.29, 1.82) is 0 Å². The summed E-state index contributed by atoms with van der Waals surface area (Å²) in [6, 6.07) is 27.9. The van der Waals surface area contributed by atoms with E-state index < -0.39 is 0 Å². The van der Waals surface area contributed by atoms with Crippen molar-refractivity contribution in [1.82, 2.24) is 10.3 Å². The van der Waals surface area contributed by atoms with E-state index in [0.29, 0.717) is 0 Å². The Labute approximate surface area is 154 Å². The third-order valence-electron chi connectivity index (χ3n) is 4.95. The van der Waals surface area contributed by atoms with Crippen LogP contribution in [0.3, 0.4) is 0 Å². The second-order valence-corrected chi connectivity index (χ2v) is 6.77. The van der Waals surface area contributed by atoms with Gasteiger partial charge in [0.15, 0.2) is 0 Å². The van der Waals surface area contributed by atoms with Crippen LogP contribution < -0.4 is 5.32 Å². The summed E-state index contributed by atoms with van der Waals surface area (Å²) in [5, 5.41) is 4.90. The van der Waals surface area contributed by atoms with Crippen molar-refractivity contribution in [2.24, 2.45) is 0 Å². The van der Waals surface area contributed by atoms with Crippen molar-refractivity contribution >= 4 is 10.9 Å². The minimum absolute atomic E-state index is 0.914. The minimum Gasteiger partial charge on any atom is -0.358 e. The summed E-state index contributed by atoms with van der Waals surface area (Å²) in [5.74, 6) is 0. The summed E-state index contributed by atoms with van der Waals surface area (Å²) < 4.78 is 0. The third-order valence-corrected chi connectivity index (χ3v) is 4.95. The number of benzene rings is 3. The molecule has 0 radical (unpaired) electrons. The lowest BCUT2D eigenvalue weighted by Crippen LogP contribution is -2.16. The van der Waals surface area contributed by atoms with E-state index in [1.165, 1.54) is 38.9 Å². The highest BCUT2D eigenvalue weighted by Gasteiger charge is 2.09. The highest BCUT2D eigenvalue weighted by molar-refractivity contribution is 5.89. The molecular weight excluding hydrogens is 316 g/mol. The molecule has 0 bridgehead atoms. The predicted molar refractivity (Wildman–Crippen MR) is 110 cm³/mol. The van der Waals surface area contributed by atoms with E-state index in [1.54, 1.807) is 0 Å². The van der Waals surface area contributed by atoms with E-state index in [0.717, 1.165) is 19.5 Å². The van der Waals surface area contributed by atoms with Crippen LogP contribution in [0.5, 0.6) is 0 Å². The molecule has 0 amide bonds. The zero-order valence-corrected chi connectivity index (χ0v) is 15.1. The summed E-state index contributed by atoms with van der Waals surface area (Å²) in [5.41, 5.74) is 7.77. The third kappa shape index (κ3) is 3.56. The maximum Gasteiger partial charge on any atom is 0.0459 e. The number of hydrogen-bond acceptors (Lipinski definition) is 1. The van der Waals surface area contributed by atoms with Gasteiger partial charge in [-0.25, -0.2) is 0 Å². The molecule has 0 spiro atoms. The molecule has 1 aromatic heterocycles. The van der Waals surface area contributed by atoms with Gasteiger partial charge in [0.1, 0.15) is 0 Å². The van der Waals surface area contributed by atoms with Crippen molar-refractivity contribution in [2.75, 3.05) is 6.54 Å². The molecule has 0 saturated heterocycles. The Morgan fingerprint density at radius 3 is 2.31 bits per heavy atom. The molecule has 0 unspecified atom stereocenters. The van der Waals surface area contributed by atoms with Crippen LogP contribution >= 0.6 is 0 Å². The van der Waals surface area contributed by atoms with Gasteiger partial charge in [0, 0.05) is 23.1 Å². The zero-order chi connectivity index (χ0) is 17.8. The lowest BCUT2D eigenvalue weighted by Gasteiger charge is -2.07. The number of rotatable bonds is 6. The molecule has 0 aliphatic rings. The van der Waals surface area contributed by atoms with Gasteiger partial charge in [-0.2, -0.15) is 0 Å². The summed E-state index contributed by atoms with van der Waals surface area (Å²) in [7, 11) is 0. The standard InChI is InChI=1S/C24H24N2/c1-18-22(14-15-25-17-19-8-4-2-5-9-19)23-16-21(12-13-24(23)26-18)20-10-6-3-7-11-20/h2-13,16,25-26H,14-15,17H2,1H3. The molecule has 0 fully saturated rings. The Kier molecular flexibility index (Phi) is 4.85. The largest absolute Gasteiger partial charge is 0.358 e. The van der Waals surface area contributed by atoms with Crippen LogP contribution in [-0.2, 0) is 13.0 Å². The van der Waals surface area contributed by atoms with Crippen LogP contribution in [0.1, 0.15) is 16.8 Å². The molecule has 2 nitrogen and oxygen atoms in total. The molecule has 4 aromatic rings. The van der Waals surface area contributed by atoms with Crippen LogP contribution in [0.15, 0.2) is 78.9 Å². The van der Waals surface area contributed by atoms with Gasteiger partial charge in [0.25, 0.3) is 0 Å². The number of hydrogen-bond donors (Lipinski definition) is 2. The smallest absolute Gasteiger partial charge is 0.0459 e. The predicted octanol–water partition coefficient (Wildman–Crippen LogP) is 5.48. The average molecular weight is 340 g/mol. The Balaban J connectivity index is 1.51. The molecule has 0 saturated carbocycles. The number of nitrogens with one attached hydrogen (secondary N) is 2. The van der Waals surface area contributed by atoms with Crippen molar-refractivity contribution < 1.29 is 0 Å². The van der Waals surface area contributed by atoms with Crippen LogP contribution in [0.25, 0.3) is 22.0 Å². The second-order valence-electron chi connectivity index (χ2n) is 6.77. The molecule has 26 heavy (non-hydrogen) atoms. The number of aromatic amines is 1.